The van der Waals surface area contributed by atoms with Gasteiger partial charge in [-0.25, -0.2) is 4.79 Å². The van der Waals surface area contributed by atoms with Crippen molar-refractivity contribution in [1.29, 1.82) is 0 Å². The third-order valence-corrected chi connectivity index (χ3v) is 3.23. The van der Waals surface area contributed by atoms with Gasteiger partial charge in [-0.2, -0.15) is 0 Å². The molecule has 0 saturated heterocycles. The average molecular weight is 255 g/mol. The maximum atomic E-state index is 11.5. The number of alkyl carbamates (subject to hydrolysis) is 1. The maximum absolute atomic E-state index is 11.5. The quantitative estimate of drug-likeness (QED) is 0.768. The van der Waals surface area contributed by atoms with Crippen molar-refractivity contribution in [3.8, 4) is 0 Å². The molecule has 0 aromatic carbocycles. The van der Waals surface area contributed by atoms with Gasteiger partial charge in [0.15, 0.2) is 0 Å². The predicted molar refractivity (Wildman–Crippen MR) is 70.4 cm³/mol. The highest BCUT2D eigenvalue weighted by atomic mass is 16.6. The van der Waals surface area contributed by atoms with E-state index in [1.54, 1.807) is 20.8 Å². The highest BCUT2D eigenvalue weighted by Crippen LogP contribution is 2.28. The molecule has 4 heteroatoms. The molecule has 1 N–H and O–H groups in total. The summed E-state index contributed by atoms with van der Waals surface area (Å²) in [6, 6.07) is -0.416. The standard InChI is InChI=1S/C14H25NO3/c1-14(2,3)18-13(17)15-12(10-16)9-8-11-6-4-5-7-11/h10-12H,4-9H2,1-3H3,(H,15,17). The molecule has 0 bridgehead atoms. The summed E-state index contributed by atoms with van der Waals surface area (Å²) >= 11 is 0. The molecule has 0 aliphatic heterocycles. The van der Waals surface area contributed by atoms with Gasteiger partial charge < -0.3 is 14.8 Å². The van der Waals surface area contributed by atoms with Crippen molar-refractivity contribution in [3.63, 3.8) is 0 Å². The molecule has 18 heavy (non-hydrogen) atoms. The van der Waals surface area contributed by atoms with Gasteiger partial charge in [-0.15, -0.1) is 0 Å². The first-order valence-corrected chi connectivity index (χ1v) is 6.85. The lowest BCUT2D eigenvalue weighted by molar-refractivity contribution is -0.109. The van der Waals surface area contributed by atoms with Crippen LogP contribution in [0.2, 0.25) is 0 Å². The lowest BCUT2D eigenvalue weighted by atomic mass is 9.99. The van der Waals surface area contributed by atoms with Gasteiger partial charge in [0.2, 0.25) is 0 Å². The van der Waals surface area contributed by atoms with Crippen molar-refractivity contribution in [1.82, 2.24) is 5.32 Å². The first-order valence-electron chi connectivity index (χ1n) is 6.85. The van der Waals surface area contributed by atoms with Crippen LogP contribution in [-0.2, 0) is 9.53 Å². The van der Waals surface area contributed by atoms with Crippen molar-refractivity contribution < 1.29 is 14.3 Å². The van der Waals surface area contributed by atoms with Crippen molar-refractivity contribution >= 4 is 12.4 Å². The summed E-state index contributed by atoms with van der Waals surface area (Å²) in [5.41, 5.74) is -0.525. The van der Waals surface area contributed by atoms with Gasteiger partial charge in [0.25, 0.3) is 0 Å². The summed E-state index contributed by atoms with van der Waals surface area (Å²) in [6.07, 6.45) is 7.15. The number of carbonyl (C=O) groups is 2. The van der Waals surface area contributed by atoms with E-state index < -0.39 is 17.7 Å². The van der Waals surface area contributed by atoms with Gasteiger partial charge in [0.05, 0.1) is 6.04 Å². The van der Waals surface area contributed by atoms with E-state index in [1.807, 2.05) is 0 Å². The Balaban J connectivity index is 2.27. The molecular formula is C14H25NO3. The van der Waals surface area contributed by atoms with Gasteiger partial charge in [-0.3, -0.25) is 0 Å². The molecule has 4 nitrogen and oxygen atoms in total. The lowest BCUT2D eigenvalue weighted by Gasteiger charge is -2.22. The van der Waals surface area contributed by atoms with Crippen LogP contribution in [0.1, 0.15) is 59.3 Å². The number of aldehydes is 1. The fraction of sp³-hybridized carbons (Fsp3) is 0.857. The van der Waals surface area contributed by atoms with Crippen molar-refractivity contribution in [2.24, 2.45) is 5.92 Å². The Bertz CT molecular complexity index is 277. The van der Waals surface area contributed by atoms with Crippen LogP contribution in [0, 0.1) is 5.92 Å². The molecule has 1 aliphatic carbocycles. The number of hydrogen-bond acceptors (Lipinski definition) is 3. The summed E-state index contributed by atoms with van der Waals surface area (Å²) in [5.74, 6) is 0.730. The van der Waals surface area contributed by atoms with Crippen LogP contribution in [0.5, 0.6) is 0 Å². The molecule has 1 aliphatic rings. The van der Waals surface area contributed by atoms with E-state index in [0.29, 0.717) is 6.42 Å². The number of rotatable bonds is 5. The minimum Gasteiger partial charge on any atom is -0.444 e. The van der Waals surface area contributed by atoms with Crippen molar-refractivity contribution in [2.75, 3.05) is 0 Å². The highest BCUT2D eigenvalue weighted by Gasteiger charge is 2.21. The zero-order chi connectivity index (χ0) is 13.6. The van der Waals surface area contributed by atoms with Crippen LogP contribution in [-0.4, -0.2) is 24.0 Å². The monoisotopic (exact) mass is 255 g/mol. The Morgan fingerprint density at radius 2 is 2.00 bits per heavy atom. The Morgan fingerprint density at radius 1 is 1.39 bits per heavy atom. The van der Waals surface area contributed by atoms with Crippen molar-refractivity contribution in [2.45, 2.75) is 70.9 Å². The van der Waals surface area contributed by atoms with E-state index in [9.17, 15) is 9.59 Å². The maximum Gasteiger partial charge on any atom is 0.408 e. The molecule has 0 spiro atoms. The molecule has 1 saturated carbocycles. The minimum atomic E-state index is -0.525. The molecule has 1 unspecified atom stereocenters. The molecule has 1 amide bonds. The van der Waals surface area contributed by atoms with Gasteiger partial charge >= 0.3 is 6.09 Å². The zero-order valence-electron chi connectivity index (χ0n) is 11.7. The van der Waals surface area contributed by atoms with Gasteiger partial charge in [-0.05, 0) is 39.5 Å². The molecule has 1 atom stereocenters. The van der Waals surface area contributed by atoms with Crippen LogP contribution in [0.3, 0.4) is 0 Å². The van der Waals surface area contributed by atoms with E-state index in [4.69, 9.17) is 4.74 Å². The summed E-state index contributed by atoms with van der Waals surface area (Å²) in [7, 11) is 0. The summed E-state index contributed by atoms with van der Waals surface area (Å²) in [5, 5.41) is 2.62. The molecule has 0 aromatic rings. The molecule has 1 fully saturated rings. The summed E-state index contributed by atoms with van der Waals surface area (Å²) in [6.45, 7) is 5.42. The first kappa shape index (κ1) is 15.0. The first-order chi connectivity index (χ1) is 8.40. The molecule has 104 valence electrons. The summed E-state index contributed by atoms with van der Waals surface area (Å²) in [4.78, 5) is 22.5. The van der Waals surface area contributed by atoms with Crippen LogP contribution < -0.4 is 5.32 Å². The van der Waals surface area contributed by atoms with E-state index in [-0.39, 0.29) is 0 Å². The fourth-order valence-corrected chi connectivity index (χ4v) is 2.35. The molecule has 0 heterocycles. The van der Waals surface area contributed by atoms with Gasteiger partial charge in [0, 0.05) is 0 Å². The minimum absolute atomic E-state index is 0.416. The number of ether oxygens (including phenoxy) is 1. The molecule has 1 rings (SSSR count). The Labute approximate surface area is 109 Å². The second-order valence-corrected chi connectivity index (χ2v) is 6.12. The largest absolute Gasteiger partial charge is 0.444 e. The second kappa shape index (κ2) is 6.76. The van der Waals surface area contributed by atoms with Crippen molar-refractivity contribution in [3.05, 3.63) is 0 Å². The second-order valence-electron chi connectivity index (χ2n) is 6.12. The van der Waals surface area contributed by atoms with Crippen LogP contribution in [0.25, 0.3) is 0 Å². The number of amides is 1. The number of hydrogen-bond donors (Lipinski definition) is 1. The number of nitrogens with one attached hydrogen (secondary N) is 1. The Kier molecular flexibility index (Phi) is 5.63. The van der Waals surface area contributed by atoms with Gasteiger partial charge in [0.1, 0.15) is 11.9 Å². The van der Waals surface area contributed by atoms with E-state index in [1.165, 1.54) is 25.7 Å². The Hall–Kier alpha value is -1.06. The smallest absolute Gasteiger partial charge is 0.408 e. The summed E-state index contributed by atoms with van der Waals surface area (Å²) < 4.78 is 5.13. The lowest BCUT2D eigenvalue weighted by Crippen LogP contribution is -2.40. The predicted octanol–water partition coefficient (Wildman–Crippen LogP) is 3.05. The zero-order valence-corrected chi connectivity index (χ0v) is 11.7. The third kappa shape index (κ3) is 6.03. The third-order valence-electron chi connectivity index (χ3n) is 3.23. The Morgan fingerprint density at radius 3 is 2.50 bits per heavy atom. The van der Waals surface area contributed by atoms with Crippen LogP contribution >= 0.6 is 0 Å². The highest BCUT2D eigenvalue weighted by molar-refractivity contribution is 5.73. The fourth-order valence-electron chi connectivity index (χ4n) is 2.35. The van der Waals surface area contributed by atoms with E-state index in [0.717, 1.165) is 18.6 Å². The van der Waals surface area contributed by atoms with E-state index >= 15 is 0 Å². The van der Waals surface area contributed by atoms with Crippen LogP contribution in [0.4, 0.5) is 4.79 Å². The molecule has 0 aromatic heterocycles. The molecular weight excluding hydrogens is 230 g/mol. The normalized spacial score (nSPS) is 18.4. The topological polar surface area (TPSA) is 55.4 Å². The molecule has 0 radical (unpaired) electrons. The SMILES string of the molecule is CC(C)(C)OC(=O)NC(C=O)CCC1CCCC1. The van der Waals surface area contributed by atoms with E-state index in [2.05, 4.69) is 5.32 Å². The van der Waals surface area contributed by atoms with Crippen LogP contribution in [0.15, 0.2) is 0 Å². The average Bonchev–Trinajstić information content (AvgIpc) is 2.74. The number of carbonyl (C=O) groups excluding carboxylic acids is 2. The van der Waals surface area contributed by atoms with Gasteiger partial charge in [-0.1, -0.05) is 25.7 Å².